The van der Waals surface area contributed by atoms with Crippen LogP contribution in [0.2, 0.25) is 0 Å². The smallest absolute Gasteiger partial charge is 0.328 e. The van der Waals surface area contributed by atoms with Crippen LogP contribution in [0, 0.1) is 17.1 Å². The number of carbonyl (C=O) groups is 2. The van der Waals surface area contributed by atoms with Crippen LogP contribution < -0.4 is 10.5 Å². The van der Waals surface area contributed by atoms with Gasteiger partial charge in [0, 0.05) is 23.4 Å². The Hall–Kier alpha value is -3.46. The second-order valence-corrected chi connectivity index (χ2v) is 7.34. The first kappa shape index (κ1) is 26.6. The normalized spacial score (nSPS) is 12.2. The van der Waals surface area contributed by atoms with E-state index in [1.807, 2.05) is 36.4 Å². The molecule has 0 aliphatic rings. The van der Waals surface area contributed by atoms with Crippen LogP contribution in [0.25, 0.3) is 0 Å². The number of thioether (sulfide) groups is 1. The highest BCUT2D eigenvalue weighted by molar-refractivity contribution is 7.99. The SMILES string of the molecule is COc1nc(S[C@H](C[C@H](N)CO)c2ccccc2)c(C#N)cc1F.O=C(O)C=CC(=O)O. The lowest BCUT2D eigenvalue weighted by atomic mass is 10.1. The number of aliphatic carboxylic acids is 2. The summed E-state index contributed by atoms with van der Waals surface area (Å²) in [5.41, 5.74) is 7.00. The standard InChI is InChI=1S/C17H18FN3O2S.C4H4O4/c1-23-16-14(18)7-12(9-19)17(21-16)24-15(8-13(20)10-22)11-5-3-2-4-6-11;5-3(6)1-2-4(7)8/h2-7,13,15,22H,8,10,20H2,1H3;1-2H,(H,5,6)(H,7,8)/t13-,15+;/m0./s1. The van der Waals surface area contributed by atoms with Gasteiger partial charge in [0.25, 0.3) is 5.88 Å². The largest absolute Gasteiger partial charge is 0.479 e. The number of nitrogens with two attached hydrogens (primary N) is 1. The third-order valence-corrected chi connectivity index (χ3v) is 5.05. The fourth-order valence-electron chi connectivity index (χ4n) is 2.32. The van der Waals surface area contributed by atoms with Crippen LogP contribution in [0.1, 0.15) is 22.8 Å². The van der Waals surface area contributed by atoms with Gasteiger partial charge in [-0.15, -0.1) is 0 Å². The van der Waals surface area contributed by atoms with Crippen LogP contribution in [-0.2, 0) is 9.59 Å². The minimum Gasteiger partial charge on any atom is -0.479 e. The van der Waals surface area contributed by atoms with E-state index in [4.69, 9.17) is 20.7 Å². The number of nitriles is 1. The summed E-state index contributed by atoms with van der Waals surface area (Å²) in [5, 5.41) is 34.3. The Morgan fingerprint density at radius 1 is 1.28 bits per heavy atom. The molecular weight excluding hydrogens is 441 g/mol. The van der Waals surface area contributed by atoms with Crippen molar-refractivity contribution in [3.8, 4) is 11.9 Å². The van der Waals surface area contributed by atoms with Crippen LogP contribution in [-0.4, -0.2) is 52.0 Å². The van der Waals surface area contributed by atoms with Crippen LogP contribution >= 0.6 is 11.8 Å². The number of ether oxygens (including phenoxy) is 1. The number of halogens is 1. The molecule has 1 heterocycles. The zero-order chi connectivity index (χ0) is 24.1. The van der Waals surface area contributed by atoms with Crippen molar-refractivity contribution in [3.05, 3.63) is 65.5 Å². The van der Waals surface area contributed by atoms with Crippen LogP contribution in [0.5, 0.6) is 5.88 Å². The third-order valence-electron chi connectivity index (χ3n) is 3.77. The molecule has 170 valence electrons. The summed E-state index contributed by atoms with van der Waals surface area (Å²) < 4.78 is 18.6. The molecule has 1 aromatic heterocycles. The van der Waals surface area contributed by atoms with E-state index in [2.05, 4.69) is 4.98 Å². The minimum atomic E-state index is -1.26. The zero-order valence-corrected chi connectivity index (χ0v) is 17.8. The molecule has 9 nitrogen and oxygen atoms in total. The maximum absolute atomic E-state index is 13.7. The Morgan fingerprint density at radius 2 is 1.88 bits per heavy atom. The maximum atomic E-state index is 13.7. The summed E-state index contributed by atoms with van der Waals surface area (Å²) in [6.45, 7) is -0.144. The van der Waals surface area contributed by atoms with Crippen molar-refractivity contribution in [1.82, 2.24) is 4.98 Å². The molecule has 5 N–H and O–H groups in total. The number of methoxy groups -OCH3 is 1. The fraction of sp³-hybridized carbons (Fsp3) is 0.238. The zero-order valence-electron chi connectivity index (χ0n) is 17.0. The lowest BCUT2D eigenvalue weighted by Gasteiger charge is -2.20. The highest BCUT2D eigenvalue weighted by Crippen LogP contribution is 2.39. The van der Waals surface area contributed by atoms with Gasteiger partial charge in [-0.05, 0) is 18.1 Å². The number of aliphatic hydroxyl groups excluding tert-OH is 1. The van der Waals surface area contributed by atoms with E-state index in [-0.39, 0.29) is 23.3 Å². The molecule has 0 bridgehead atoms. The Morgan fingerprint density at radius 3 is 2.34 bits per heavy atom. The van der Waals surface area contributed by atoms with Gasteiger partial charge in [-0.1, -0.05) is 42.1 Å². The molecule has 0 spiro atoms. The van der Waals surface area contributed by atoms with Gasteiger partial charge in [0.2, 0.25) is 0 Å². The van der Waals surface area contributed by atoms with Gasteiger partial charge < -0.3 is 25.8 Å². The van der Waals surface area contributed by atoms with Gasteiger partial charge in [-0.3, -0.25) is 0 Å². The molecule has 32 heavy (non-hydrogen) atoms. The maximum Gasteiger partial charge on any atom is 0.328 e. The predicted octanol–water partition coefficient (Wildman–Crippen LogP) is 2.36. The number of carboxylic acids is 2. The lowest BCUT2D eigenvalue weighted by Crippen LogP contribution is -2.26. The highest BCUT2D eigenvalue weighted by atomic mass is 32.2. The molecule has 0 saturated carbocycles. The van der Waals surface area contributed by atoms with Crippen LogP contribution in [0.3, 0.4) is 0 Å². The molecule has 0 aliphatic carbocycles. The molecular formula is C21H22FN3O6S. The number of nitrogens with zero attached hydrogens (tertiary/aromatic N) is 2. The van der Waals surface area contributed by atoms with E-state index in [1.165, 1.54) is 18.9 Å². The molecule has 0 unspecified atom stereocenters. The minimum absolute atomic E-state index is 0.136. The summed E-state index contributed by atoms with van der Waals surface area (Å²) >= 11 is 1.30. The van der Waals surface area contributed by atoms with Crippen LogP contribution in [0.15, 0.2) is 53.6 Å². The number of benzene rings is 1. The Bertz CT molecular complexity index is 965. The van der Waals surface area contributed by atoms with Crippen molar-refractivity contribution in [1.29, 1.82) is 5.26 Å². The number of hydrogen-bond acceptors (Lipinski definition) is 8. The lowest BCUT2D eigenvalue weighted by molar-refractivity contribution is -0.134. The number of hydrogen-bond donors (Lipinski definition) is 4. The van der Waals surface area contributed by atoms with Gasteiger partial charge in [-0.2, -0.15) is 5.26 Å². The van der Waals surface area contributed by atoms with Crippen molar-refractivity contribution in [2.45, 2.75) is 22.7 Å². The first-order chi connectivity index (χ1) is 15.2. The second kappa shape index (κ2) is 13.8. The molecule has 0 radical (unpaired) electrons. The van der Waals surface area contributed by atoms with Crippen molar-refractivity contribution in [2.24, 2.45) is 5.73 Å². The number of aromatic nitrogens is 1. The molecule has 0 fully saturated rings. The third kappa shape index (κ3) is 9.13. The summed E-state index contributed by atoms with van der Waals surface area (Å²) in [7, 11) is 1.32. The van der Waals surface area contributed by atoms with Gasteiger partial charge in [0.05, 0.1) is 19.3 Å². The molecule has 0 amide bonds. The number of aliphatic hydroxyl groups is 1. The average Bonchev–Trinajstić information content (AvgIpc) is 2.78. The van der Waals surface area contributed by atoms with E-state index in [9.17, 15) is 24.3 Å². The monoisotopic (exact) mass is 463 g/mol. The fourth-order valence-corrected chi connectivity index (χ4v) is 3.59. The van der Waals surface area contributed by atoms with E-state index in [0.29, 0.717) is 23.6 Å². The summed E-state index contributed by atoms with van der Waals surface area (Å²) in [6.07, 6.45) is 1.60. The summed E-state index contributed by atoms with van der Waals surface area (Å²) in [5.74, 6) is -3.35. The average molecular weight is 463 g/mol. The van der Waals surface area contributed by atoms with Crippen molar-refractivity contribution < 1.29 is 34.0 Å². The van der Waals surface area contributed by atoms with E-state index in [1.54, 1.807) is 0 Å². The predicted molar refractivity (Wildman–Crippen MR) is 115 cm³/mol. The molecule has 0 aliphatic heterocycles. The molecule has 0 saturated heterocycles. The first-order valence-electron chi connectivity index (χ1n) is 9.08. The Balaban J connectivity index is 0.000000547. The molecule has 2 rings (SSSR count). The summed E-state index contributed by atoms with van der Waals surface area (Å²) in [6, 6.07) is 12.2. The molecule has 2 aromatic rings. The second-order valence-electron chi connectivity index (χ2n) is 6.15. The van der Waals surface area contributed by atoms with Crippen molar-refractivity contribution in [2.75, 3.05) is 13.7 Å². The first-order valence-corrected chi connectivity index (χ1v) is 9.96. The molecule has 11 heteroatoms. The Labute approximate surface area is 188 Å². The highest BCUT2D eigenvalue weighted by Gasteiger charge is 2.21. The number of carboxylic acid groups (broad SMARTS) is 2. The molecule has 2 atom stereocenters. The number of rotatable bonds is 9. The van der Waals surface area contributed by atoms with E-state index >= 15 is 0 Å². The van der Waals surface area contributed by atoms with E-state index < -0.39 is 23.8 Å². The number of pyridine rings is 1. The van der Waals surface area contributed by atoms with Gasteiger partial charge in [0.1, 0.15) is 11.1 Å². The Kier molecular flexibility index (Phi) is 11.4. The van der Waals surface area contributed by atoms with Gasteiger partial charge in [-0.25, -0.2) is 19.0 Å². The van der Waals surface area contributed by atoms with Crippen molar-refractivity contribution >= 4 is 23.7 Å². The quantitative estimate of drug-likeness (QED) is 0.320. The van der Waals surface area contributed by atoms with Gasteiger partial charge in [0.15, 0.2) is 5.82 Å². The topological polar surface area (TPSA) is 167 Å². The van der Waals surface area contributed by atoms with Crippen molar-refractivity contribution in [3.63, 3.8) is 0 Å². The summed E-state index contributed by atoms with van der Waals surface area (Å²) in [4.78, 5) is 23.2. The van der Waals surface area contributed by atoms with Crippen LogP contribution in [0.4, 0.5) is 4.39 Å². The van der Waals surface area contributed by atoms with Gasteiger partial charge >= 0.3 is 11.9 Å². The van der Waals surface area contributed by atoms with E-state index in [0.717, 1.165) is 11.6 Å². The molecule has 1 aromatic carbocycles.